The van der Waals surface area contributed by atoms with Gasteiger partial charge in [0.15, 0.2) is 5.65 Å². The molecule has 0 aliphatic carbocycles. The Kier molecular flexibility index (Phi) is 3.13. The highest BCUT2D eigenvalue weighted by molar-refractivity contribution is 5.94. The first-order valence-corrected chi connectivity index (χ1v) is 5.27. The van der Waals surface area contributed by atoms with Gasteiger partial charge in [-0.15, -0.1) is 0 Å². The number of carbonyl (C=O) groups is 1. The summed E-state index contributed by atoms with van der Waals surface area (Å²) in [6, 6.07) is 3.49. The highest BCUT2D eigenvalue weighted by atomic mass is 19.4. The zero-order valence-electron chi connectivity index (χ0n) is 10.1. The van der Waals surface area contributed by atoms with Gasteiger partial charge in [0, 0.05) is 5.39 Å². The maximum absolute atomic E-state index is 12.5. The van der Waals surface area contributed by atoms with Crippen LogP contribution >= 0.6 is 0 Å². The fourth-order valence-electron chi connectivity index (χ4n) is 1.61. The van der Waals surface area contributed by atoms with Crippen molar-refractivity contribution in [2.24, 2.45) is 0 Å². The normalized spacial score (nSPS) is 11.6. The molecule has 0 radical (unpaired) electrons. The van der Waals surface area contributed by atoms with E-state index in [9.17, 15) is 18.0 Å². The van der Waals surface area contributed by atoms with Gasteiger partial charge in [-0.2, -0.15) is 13.2 Å². The van der Waals surface area contributed by atoms with E-state index in [-0.39, 0.29) is 16.9 Å². The monoisotopic (exact) mass is 270 g/mol. The van der Waals surface area contributed by atoms with E-state index in [1.807, 2.05) is 0 Å². The zero-order chi connectivity index (χ0) is 14.2. The van der Waals surface area contributed by atoms with Crippen molar-refractivity contribution in [2.45, 2.75) is 13.1 Å². The first-order valence-electron chi connectivity index (χ1n) is 5.27. The molecule has 0 unspecified atom stereocenters. The van der Waals surface area contributed by atoms with E-state index in [0.717, 1.165) is 6.07 Å². The van der Waals surface area contributed by atoms with Crippen LogP contribution < -0.4 is 0 Å². The second kappa shape index (κ2) is 4.49. The predicted molar refractivity (Wildman–Crippen MR) is 60.6 cm³/mol. The summed E-state index contributed by atoms with van der Waals surface area (Å²) in [5, 5.41) is 0.346. The summed E-state index contributed by atoms with van der Waals surface area (Å²) in [4.78, 5) is 18.8. The molecule has 0 spiro atoms. The third kappa shape index (κ3) is 2.49. The number of aryl methyl sites for hydroxylation is 1. The molecule has 0 aromatic carbocycles. The predicted octanol–water partition coefficient (Wildman–Crippen LogP) is 2.74. The van der Waals surface area contributed by atoms with Gasteiger partial charge >= 0.3 is 12.1 Å². The van der Waals surface area contributed by atoms with E-state index >= 15 is 0 Å². The van der Waals surface area contributed by atoms with Crippen LogP contribution in [0.5, 0.6) is 0 Å². The number of ether oxygens (including phenoxy) is 1. The van der Waals surface area contributed by atoms with Crippen molar-refractivity contribution in [3.63, 3.8) is 0 Å². The molecule has 0 saturated carbocycles. The number of fused-ring (bicyclic) bond motifs is 1. The number of alkyl halides is 3. The number of esters is 1. The number of aromatic nitrogens is 2. The Labute approximate surface area is 106 Å². The van der Waals surface area contributed by atoms with Crippen LogP contribution in [-0.2, 0) is 10.9 Å². The minimum atomic E-state index is -4.52. The van der Waals surface area contributed by atoms with Crippen LogP contribution in [0.3, 0.4) is 0 Å². The fourth-order valence-corrected chi connectivity index (χ4v) is 1.61. The largest absolute Gasteiger partial charge is 0.465 e. The summed E-state index contributed by atoms with van der Waals surface area (Å²) in [7, 11) is 1.22. The molecular weight excluding hydrogens is 261 g/mol. The van der Waals surface area contributed by atoms with Crippen LogP contribution in [0.1, 0.15) is 21.7 Å². The number of hydrogen-bond acceptors (Lipinski definition) is 4. The molecule has 0 fully saturated rings. The van der Waals surface area contributed by atoms with Gasteiger partial charge in [-0.3, -0.25) is 0 Å². The van der Waals surface area contributed by atoms with Crippen molar-refractivity contribution in [1.82, 2.24) is 9.97 Å². The average Bonchev–Trinajstić information content (AvgIpc) is 2.35. The molecule has 0 amide bonds. The lowest BCUT2D eigenvalue weighted by molar-refractivity contribution is -0.141. The van der Waals surface area contributed by atoms with E-state index in [2.05, 4.69) is 14.7 Å². The molecule has 2 aromatic heterocycles. The van der Waals surface area contributed by atoms with Gasteiger partial charge in [-0.25, -0.2) is 14.8 Å². The van der Waals surface area contributed by atoms with Crippen LogP contribution in [0, 0.1) is 6.92 Å². The minimum absolute atomic E-state index is 0.0556. The molecule has 0 aliphatic rings. The number of hydrogen-bond donors (Lipinski definition) is 0. The summed E-state index contributed by atoms with van der Waals surface area (Å²) >= 11 is 0. The second-order valence-corrected chi connectivity index (χ2v) is 3.85. The van der Waals surface area contributed by atoms with Crippen LogP contribution in [0.2, 0.25) is 0 Å². The summed E-state index contributed by atoms with van der Waals surface area (Å²) in [5.74, 6) is -0.591. The molecule has 7 heteroatoms. The molecule has 0 atom stereocenters. The van der Waals surface area contributed by atoms with Crippen molar-refractivity contribution >= 4 is 17.0 Å². The molecule has 4 nitrogen and oxygen atoms in total. The van der Waals surface area contributed by atoms with E-state index < -0.39 is 17.8 Å². The first kappa shape index (κ1) is 13.3. The van der Waals surface area contributed by atoms with E-state index in [0.29, 0.717) is 5.39 Å². The lowest BCUT2D eigenvalue weighted by Crippen LogP contribution is -2.10. The summed E-state index contributed by atoms with van der Waals surface area (Å²) in [6.07, 6.45) is -4.52. The third-order valence-electron chi connectivity index (χ3n) is 2.56. The molecule has 2 heterocycles. The summed E-state index contributed by atoms with van der Waals surface area (Å²) < 4.78 is 42.1. The van der Waals surface area contributed by atoms with Crippen LogP contribution in [-0.4, -0.2) is 23.0 Å². The Balaban J connectivity index is 2.62. The Hall–Kier alpha value is -2.18. The summed E-state index contributed by atoms with van der Waals surface area (Å²) in [6.45, 7) is 1.51. The number of rotatable bonds is 1. The molecule has 2 aromatic rings. The van der Waals surface area contributed by atoms with Crippen LogP contribution in [0.15, 0.2) is 18.2 Å². The van der Waals surface area contributed by atoms with Crippen molar-refractivity contribution in [1.29, 1.82) is 0 Å². The number of pyridine rings is 2. The Morgan fingerprint density at radius 1 is 1.26 bits per heavy atom. The lowest BCUT2D eigenvalue weighted by Gasteiger charge is -2.08. The van der Waals surface area contributed by atoms with Gasteiger partial charge in [0.1, 0.15) is 5.69 Å². The van der Waals surface area contributed by atoms with Gasteiger partial charge in [0.05, 0.1) is 18.4 Å². The maximum Gasteiger partial charge on any atom is 0.433 e. The number of methoxy groups -OCH3 is 1. The standard InChI is InChI=1S/C12H9F3N2O2/c1-6-8(11(18)19-2)5-7-3-4-9(12(13,14)15)17-10(7)16-6/h3-5H,1-2H3. The Morgan fingerprint density at radius 2 is 1.95 bits per heavy atom. The smallest absolute Gasteiger partial charge is 0.433 e. The molecule has 19 heavy (non-hydrogen) atoms. The highest BCUT2D eigenvalue weighted by Crippen LogP contribution is 2.29. The van der Waals surface area contributed by atoms with Crippen molar-refractivity contribution in [3.8, 4) is 0 Å². The Bertz CT molecular complexity index is 653. The molecule has 0 bridgehead atoms. The second-order valence-electron chi connectivity index (χ2n) is 3.85. The van der Waals surface area contributed by atoms with Gasteiger partial charge in [0.2, 0.25) is 0 Å². The topological polar surface area (TPSA) is 52.1 Å². The molecule has 0 aliphatic heterocycles. The van der Waals surface area contributed by atoms with E-state index in [4.69, 9.17) is 0 Å². The van der Waals surface area contributed by atoms with E-state index in [1.165, 1.54) is 26.2 Å². The maximum atomic E-state index is 12.5. The van der Waals surface area contributed by atoms with Gasteiger partial charge in [-0.05, 0) is 25.1 Å². The first-order chi connectivity index (χ1) is 8.82. The van der Waals surface area contributed by atoms with Gasteiger partial charge < -0.3 is 4.74 Å². The van der Waals surface area contributed by atoms with Crippen molar-refractivity contribution in [2.75, 3.05) is 7.11 Å². The molecule has 0 N–H and O–H groups in total. The highest BCUT2D eigenvalue weighted by Gasteiger charge is 2.32. The number of carbonyl (C=O) groups excluding carboxylic acids is 1. The van der Waals surface area contributed by atoms with Crippen molar-refractivity contribution < 1.29 is 22.7 Å². The Morgan fingerprint density at radius 3 is 2.53 bits per heavy atom. The minimum Gasteiger partial charge on any atom is -0.465 e. The average molecular weight is 270 g/mol. The fraction of sp³-hybridized carbons (Fsp3) is 0.250. The van der Waals surface area contributed by atoms with Crippen molar-refractivity contribution in [3.05, 3.63) is 35.2 Å². The molecular formula is C12H9F3N2O2. The number of nitrogens with zero attached hydrogens (tertiary/aromatic N) is 2. The van der Waals surface area contributed by atoms with Crippen LogP contribution in [0.4, 0.5) is 13.2 Å². The van der Waals surface area contributed by atoms with Crippen LogP contribution in [0.25, 0.3) is 11.0 Å². The van der Waals surface area contributed by atoms with E-state index in [1.54, 1.807) is 0 Å². The number of halogens is 3. The summed E-state index contributed by atoms with van der Waals surface area (Å²) in [5.41, 5.74) is -0.597. The quantitative estimate of drug-likeness (QED) is 0.748. The molecule has 2 rings (SSSR count). The lowest BCUT2D eigenvalue weighted by atomic mass is 10.1. The molecule has 0 saturated heterocycles. The van der Waals surface area contributed by atoms with Gasteiger partial charge in [0.25, 0.3) is 0 Å². The molecule has 100 valence electrons. The van der Waals surface area contributed by atoms with Gasteiger partial charge in [-0.1, -0.05) is 0 Å². The SMILES string of the molecule is COC(=O)c1cc2ccc(C(F)(F)F)nc2nc1C. The third-order valence-corrected chi connectivity index (χ3v) is 2.56. The zero-order valence-corrected chi connectivity index (χ0v) is 10.1.